The zero-order chi connectivity index (χ0) is 25.4. The molecule has 2 heterocycles. The third-order valence-corrected chi connectivity index (χ3v) is 7.37. The van der Waals surface area contributed by atoms with E-state index in [-0.39, 0.29) is 43.9 Å². The van der Waals surface area contributed by atoms with Gasteiger partial charge in [0.05, 0.1) is 34.3 Å². The average Bonchev–Trinajstić information content (AvgIpc) is 3.13. The number of nitriles is 1. The van der Waals surface area contributed by atoms with E-state index >= 15 is 0 Å². The van der Waals surface area contributed by atoms with Gasteiger partial charge in [0.25, 0.3) is 5.56 Å². The topological polar surface area (TPSA) is 98.1 Å². The van der Waals surface area contributed by atoms with E-state index in [0.717, 1.165) is 15.9 Å². The molecule has 0 amide bonds. The fraction of sp³-hybridized carbons (Fsp3) is 0.125. The summed E-state index contributed by atoms with van der Waals surface area (Å²) >= 11 is 7.43. The molecule has 35 heavy (non-hydrogen) atoms. The zero-order valence-electron chi connectivity index (χ0n) is 17.9. The van der Waals surface area contributed by atoms with Crippen LogP contribution in [-0.4, -0.2) is 17.1 Å². The molecule has 2 aromatic carbocycles. The van der Waals surface area contributed by atoms with Crippen molar-refractivity contribution in [1.82, 2.24) is 4.57 Å². The van der Waals surface area contributed by atoms with Crippen LogP contribution < -0.4 is 20.5 Å². The highest BCUT2D eigenvalue weighted by molar-refractivity contribution is 9.10. The molecular weight excluding hydrogens is 608 g/mol. The second-order valence-electron chi connectivity index (χ2n) is 7.37. The van der Waals surface area contributed by atoms with Crippen LogP contribution in [0.4, 0.5) is 8.78 Å². The number of carbonyl (C=O) groups is 1. The van der Waals surface area contributed by atoms with Crippen LogP contribution in [0.15, 0.2) is 55.7 Å². The van der Waals surface area contributed by atoms with Crippen molar-refractivity contribution in [3.63, 3.8) is 0 Å². The third kappa shape index (κ3) is 4.49. The summed E-state index contributed by atoms with van der Waals surface area (Å²) in [6, 6.07) is 10.3. The normalized spacial score (nSPS) is 15.7. The van der Waals surface area contributed by atoms with Gasteiger partial charge in [-0.15, -0.1) is 11.3 Å². The van der Waals surface area contributed by atoms with Crippen LogP contribution in [0.3, 0.4) is 0 Å². The average molecular weight is 623 g/mol. The van der Waals surface area contributed by atoms with Crippen LogP contribution >= 0.6 is 43.2 Å². The maximum Gasteiger partial charge on any atom is 0.338 e. The fourth-order valence-electron chi connectivity index (χ4n) is 3.77. The van der Waals surface area contributed by atoms with Crippen molar-refractivity contribution < 1.29 is 18.3 Å². The number of benzene rings is 2. The second kappa shape index (κ2) is 9.89. The van der Waals surface area contributed by atoms with Crippen molar-refractivity contribution in [2.24, 2.45) is 5.73 Å². The monoisotopic (exact) mass is 621 g/mol. The Kier molecular flexibility index (Phi) is 7.07. The predicted octanol–water partition coefficient (Wildman–Crippen LogP) is 3.70. The van der Waals surface area contributed by atoms with Crippen LogP contribution in [0.25, 0.3) is 17.5 Å². The minimum atomic E-state index is -1.22. The number of ether oxygens (including phenoxy) is 1. The lowest BCUT2D eigenvalue weighted by atomic mass is 9.83. The molecule has 0 saturated heterocycles. The van der Waals surface area contributed by atoms with Crippen molar-refractivity contribution >= 4 is 66.6 Å². The third-order valence-electron chi connectivity index (χ3n) is 5.28. The number of nitrogens with zero attached hydrogens (tertiary/aromatic N) is 2. The van der Waals surface area contributed by atoms with Gasteiger partial charge in [-0.3, -0.25) is 9.36 Å². The smallest absolute Gasteiger partial charge is 0.338 e. The molecule has 11 heteroatoms. The highest BCUT2D eigenvalue weighted by atomic mass is 79.9. The number of hydrogen-bond donors (Lipinski definition) is 1. The van der Waals surface area contributed by atoms with Gasteiger partial charge in [0.15, 0.2) is 0 Å². The number of halogens is 4. The molecule has 1 aliphatic heterocycles. The number of allylic oxidation sites excluding steroid dienone is 1. The largest absolute Gasteiger partial charge is 0.463 e. The van der Waals surface area contributed by atoms with E-state index in [9.17, 15) is 23.6 Å². The minimum absolute atomic E-state index is 0.00887. The maximum atomic E-state index is 15.0. The molecule has 178 valence electrons. The SMILES string of the molecule is CCOC(=O)C1=c2sc(=Cc3cc(Br)ccc3F)c(=O)n2C(N)=C(C#N)[C@H]1c1cc(Br)ccc1F. The molecule has 6 nitrogen and oxygen atoms in total. The molecule has 4 rings (SSSR count). The lowest BCUT2D eigenvalue weighted by Crippen LogP contribution is -2.40. The van der Waals surface area contributed by atoms with Crippen molar-refractivity contribution in [3.8, 4) is 6.07 Å². The van der Waals surface area contributed by atoms with Crippen molar-refractivity contribution in [1.29, 1.82) is 5.26 Å². The van der Waals surface area contributed by atoms with Gasteiger partial charge in [-0.1, -0.05) is 31.9 Å². The summed E-state index contributed by atoms with van der Waals surface area (Å²) in [4.78, 5) is 26.4. The Labute approximate surface area is 218 Å². The Morgan fingerprint density at radius 3 is 2.54 bits per heavy atom. The number of esters is 1. The Morgan fingerprint density at radius 2 is 1.89 bits per heavy atom. The minimum Gasteiger partial charge on any atom is -0.463 e. The van der Waals surface area contributed by atoms with E-state index in [4.69, 9.17) is 10.5 Å². The van der Waals surface area contributed by atoms with Gasteiger partial charge in [-0.05, 0) is 49.4 Å². The summed E-state index contributed by atoms with van der Waals surface area (Å²) in [7, 11) is 0. The van der Waals surface area contributed by atoms with Gasteiger partial charge in [-0.2, -0.15) is 5.26 Å². The zero-order valence-corrected chi connectivity index (χ0v) is 21.9. The number of hydrogen-bond acceptors (Lipinski definition) is 6. The van der Waals surface area contributed by atoms with Gasteiger partial charge < -0.3 is 10.5 Å². The van der Waals surface area contributed by atoms with Crippen LogP contribution in [0.1, 0.15) is 24.0 Å². The van der Waals surface area contributed by atoms with Gasteiger partial charge in [-0.25, -0.2) is 13.6 Å². The molecular formula is C24H15Br2F2N3O3S. The van der Waals surface area contributed by atoms with Gasteiger partial charge in [0.2, 0.25) is 0 Å². The summed E-state index contributed by atoms with van der Waals surface area (Å²) in [5, 5.41) is 9.95. The van der Waals surface area contributed by atoms with Gasteiger partial charge in [0, 0.05) is 20.1 Å². The molecule has 0 bridgehead atoms. The van der Waals surface area contributed by atoms with Crippen LogP contribution in [0.2, 0.25) is 0 Å². The van der Waals surface area contributed by atoms with Crippen molar-refractivity contribution in [2.75, 3.05) is 6.61 Å². The van der Waals surface area contributed by atoms with E-state index in [0.29, 0.717) is 8.95 Å². The van der Waals surface area contributed by atoms with E-state index in [1.54, 1.807) is 6.92 Å². The first-order valence-electron chi connectivity index (χ1n) is 10.1. The van der Waals surface area contributed by atoms with Gasteiger partial charge >= 0.3 is 5.97 Å². The number of fused-ring (bicyclic) bond motifs is 1. The van der Waals surface area contributed by atoms with E-state index < -0.39 is 29.1 Å². The molecule has 1 aliphatic rings. The van der Waals surface area contributed by atoms with Crippen molar-refractivity contribution in [2.45, 2.75) is 12.8 Å². The first-order chi connectivity index (χ1) is 16.7. The number of rotatable bonds is 4. The molecule has 0 unspecified atom stereocenters. The van der Waals surface area contributed by atoms with E-state index in [2.05, 4.69) is 31.9 Å². The summed E-state index contributed by atoms with van der Waals surface area (Å²) in [6.07, 6.45) is 1.33. The molecule has 0 spiro atoms. The standard InChI is InChI=1S/C24H15Br2F2N3O3S/c1-2-34-24(33)20-19(14-9-13(26)4-6-17(14)28)15(10-29)21(30)31-22(32)18(35-23(20)31)8-11-7-12(25)3-5-16(11)27/h3-9,19H,2,30H2,1H3/t19-/m1/s1. The highest BCUT2D eigenvalue weighted by Crippen LogP contribution is 2.38. The molecule has 0 aliphatic carbocycles. The van der Waals surface area contributed by atoms with Crippen molar-refractivity contribution in [3.05, 3.63) is 93.2 Å². The Hall–Kier alpha value is -3.07. The summed E-state index contributed by atoms with van der Waals surface area (Å²) < 4.78 is 36.8. The number of thiazole rings is 1. The predicted molar refractivity (Wildman–Crippen MR) is 135 cm³/mol. The number of aromatic nitrogens is 1. The molecule has 0 fully saturated rings. The number of nitrogens with two attached hydrogens (primary N) is 1. The fourth-order valence-corrected chi connectivity index (χ4v) is 5.68. The molecule has 1 aromatic heterocycles. The lowest BCUT2D eigenvalue weighted by Gasteiger charge is -2.25. The molecule has 3 aromatic rings. The maximum absolute atomic E-state index is 15.0. The Morgan fingerprint density at radius 1 is 1.23 bits per heavy atom. The number of carbonyl (C=O) groups excluding carboxylic acids is 1. The lowest BCUT2D eigenvalue weighted by molar-refractivity contribution is -0.136. The Balaban J connectivity index is 2.14. The van der Waals surface area contributed by atoms with Crippen LogP contribution in [0.5, 0.6) is 0 Å². The molecule has 0 radical (unpaired) electrons. The molecule has 1 atom stereocenters. The first kappa shape index (κ1) is 25.0. The van der Waals surface area contributed by atoms with Gasteiger partial charge in [0.1, 0.15) is 22.1 Å². The quantitative estimate of drug-likeness (QED) is 0.448. The summed E-state index contributed by atoms with van der Waals surface area (Å²) in [5.74, 6) is -3.52. The van der Waals surface area contributed by atoms with E-state index in [1.807, 2.05) is 6.07 Å². The molecule has 2 N–H and O–H groups in total. The van der Waals surface area contributed by atoms with Crippen LogP contribution in [-0.2, 0) is 9.53 Å². The first-order valence-corrected chi connectivity index (χ1v) is 12.5. The summed E-state index contributed by atoms with van der Waals surface area (Å²) in [6.45, 7) is 1.61. The summed E-state index contributed by atoms with van der Waals surface area (Å²) in [5.41, 5.74) is 5.45. The highest BCUT2D eigenvalue weighted by Gasteiger charge is 2.37. The van der Waals surface area contributed by atoms with Crippen LogP contribution in [0, 0.1) is 23.0 Å². The second-order valence-corrected chi connectivity index (χ2v) is 10.2. The van der Waals surface area contributed by atoms with E-state index in [1.165, 1.54) is 42.5 Å². The molecule has 0 saturated carbocycles. The Bertz CT molecular complexity index is 1640.